The molecule has 2 heteroatoms. The van der Waals surface area contributed by atoms with Crippen molar-refractivity contribution in [2.75, 3.05) is 26.2 Å². The Balaban J connectivity index is 2.60. The van der Waals surface area contributed by atoms with E-state index in [1.54, 1.807) is 0 Å². The number of nitrogens with zero attached hydrogens (tertiary/aromatic N) is 1. The van der Waals surface area contributed by atoms with Crippen LogP contribution < -0.4 is 5.32 Å². The van der Waals surface area contributed by atoms with Gasteiger partial charge in [0.15, 0.2) is 0 Å². The van der Waals surface area contributed by atoms with Gasteiger partial charge in [0.05, 0.1) is 0 Å². The largest absolute Gasteiger partial charge is 0.316 e. The Labute approximate surface area is 115 Å². The highest BCUT2D eigenvalue weighted by Gasteiger charge is 2.32. The maximum atomic E-state index is 3.62. The van der Waals surface area contributed by atoms with E-state index in [2.05, 4.69) is 37.9 Å². The van der Waals surface area contributed by atoms with E-state index in [0.29, 0.717) is 5.41 Å². The van der Waals surface area contributed by atoms with Crippen LogP contribution in [0, 0.1) is 5.41 Å². The Morgan fingerprint density at radius 3 is 2.56 bits per heavy atom. The Kier molecular flexibility index (Phi) is 7.25. The van der Waals surface area contributed by atoms with E-state index >= 15 is 0 Å². The number of nitrogens with one attached hydrogen (secondary N) is 1. The molecular weight excluding hydrogens is 220 g/mol. The first kappa shape index (κ1) is 16.0. The molecule has 0 aromatic heterocycles. The smallest absolute Gasteiger partial charge is 0.00645 e. The lowest BCUT2D eigenvalue weighted by Gasteiger charge is -2.43. The van der Waals surface area contributed by atoms with Gasteiger partial charge in [0.1, 0.15) is 0 Å². The average Bonchev–Trinajstić information content (AvgIpc) is 2.43. The van der Waals surface area contributed by atoms with Crippen molar-refractivity contribution in [2.24, 2.45) is 5.41 Å². The second kappa shape index (κ2) is 8.16. The van der Waals surface area contributed by atoms with Crippen molar-refractivity contribution in [1.29, 1.82) is 0 Å². The molecule has 0 aromatic carbocycles. The van der Waals surface area contributed by atoms with Crippen molar-refractivity contribution in [3.8, 4) is 0 Å². The van der Waals surface area contributed by atoms with Crippen molar-refractivity contribution in [3.05, 3.63) is 0 Å². The minimum atomic E-state index is 0.537. The number of rotatable bonds is 8. The molecule has 0 spiro atoms. The van der Waals surface area contributed by atoms with E-state index in [0.717, 1.165) is 6.04 Å². The molecule has 0 bridgehead atoms. The van der Waals surface area contributed by atoms with E-state index in [-0.39, 0.29) is 0 Å². The summed E-state index contributed by atoms with van der Waals surface area (Å²) in [7, 11) is 0. The third kappa shape index (κ3) is 4.55. The van der Waals surface area contributed by atoms with E-state index in [1.165, 1.54) is 64.7 Å². The van der Waals surface area contributed by atoms with Crippen LogP contribution in [0.3, 0.4) is 0 Å². The molecule has 1 fully saturated rings. The van der Waals surface area contributed by atoms with Gasteiger partial charge in [0.2, 0.25) is 0 Å². The van der Waals surface area contributed by atoms with Crippen LogP contribution in [0.1, 0.15) is 66.2 Å². The van der Waals surface area contributed by atoms with Gasteiger partial charge >= 0.3 is 0 Å². The molecule has 18 heavy (non-hydrogen) atoms. The van der Waals surface area contributed by atoms with Gasteiger partial charge in [-0.05, 0) is 57.5 Å². The summed E-state index contributed by atoms with van der Waals surface area (Å²) >= 11 is 0. The molecule has 0 saturated carbocycles. The summed E-state index contributed by atoms with van der Waals surface area (Å²) in [5.74, 6) is 0. The predicted octanol–water partition coefficient (Wildman–Crippen LogP) is 3.67. The van der Waals surface area contributed by atoms with E-state index < -0.39 is 0 Å². The molecule has 108 valence electrons. The number of unbranched alkanes of at least 4 members (excludes halogenated alkanes) is 1. The lowest BCUT2D eigenvalue weighted by atomic mass is 9.77. The molecule has 1 N–H and O–H groups in total. The van der Waals surface area contributed by atoms with Gasteiger partial charge < -0.3 is 10.2 Å². The molecule has 0 aliphatic carbocycles. The topological polar surface area (TPSA) is 15.3 Å². The minimum absolute atomic E-state index is 0.537. The third-order valence-electron chi connectivity index (χ3n) is 4.86. The molecule has 0 radical (unpaired) electrons. The lowest BCUT2D eigenvalue weighted by Crippen LogP contribution is -2.49. The van der Waals surface area contributed by atoms with Crippen LogP contribution in [0.15, 0.2) is 0 Å². The molecule has 0 amide bonds. The molecule has 1 aliphatic heterocycles. The highest BCUT2D eigenvalue weighted by molar-refractivity contribution is 4.88. The number of piperidine rings is 1. The predicted molar refractivity (Wildman–Crippen MR) is 81.1 cm³/mol. The van der Waals surface area contributed by atoms with Gasteiger partial charge in [-0.15, -0.1) is 0 Å². The van der Waals surface area contributed by atoms with Crippen LogP contribution >= 0.6 is 0 Å². The third-order valence-corrected chi connectivity index (χ3v) is 4.86. The second-order valence-corrected chi connectivity index (χ2v) is 6.22. The fourth-order valence-electron chi connectivity index (χ4n) is 3.08. The molecule has 2 atom stereocenters. The van der Waals surface area contributed by atoms with E-state index in [1.807, 2.05) is 0 Å². The van der Waals surface area contributed by atoms with Crippen LogP contribution in [0.2, 0.25) is 0 Å². The summed E-state index contributed by atoms with van der Waals surface area (Å²) in [5, 5.41) is 3.62. The molecule has 2 unspecified atom stereocenters. The number of hydrogen-bond acceptors (Lipinski definition) is 2. The van der Waals surface area contributed by atoms with Crippen LogP contribution in [0.5, 0.6) is 0 Å². The van der Waals surface area contributed by atoms with E-state index in [4.69, 9.17) is 0 Å². The molecule has 1 rings (SSSR count). The quantitative estimate of drug-likeness (QED) is 0.711. The van der Waals surface area contributed by atoms with Gasteiger partial charge in [-0.25, -0.2) is 0 Å². The second-order valence-electron chi connectivity index (χ2n) is 6.22. The summed E-state index contributed by atoms with van der Waals surface area (Å²) in [6.45, 7) is 14.4. The summed E-state index contributed by atoms with van der Waals surface area (Å²) in [6, 6.07) is 0.738. The van der Waals surface area contributed by atoms with Crippen molar-refractivity contribution in [1.82, 2.24) is 10.2 Å². The van der Waals surface area contributed by atoms with E-state index in [9.17, 15) is 0 Å². The van der Waals surface area contributed by atoms with Crippen LogP contribution in [-0.4, -0.2) is 37.1 Å². The zero-order valence-corrected chi connectivity index (χ0v) is 13.1. The maximum Gasteiger partial charge on any atom is 0.00645 e. The first-order valence-electron chi connectivity index (χ1n) is 8.12. The monoisotopic (exact) mass is 254 g/mol. The molecule has 2 nitrogen and oxygen atoms in total. The molecule has 1 saturated heterocycles. The fraction of sp³-hybridized carbons (Fsp3) is 1.00. The van der Waals surface area contributed by atoms with Crippen LogP contribution in [-0.2, 0) is 0 Å². The van der Waals surface area contributed by atoms with Crippen molar-refractivity contribution in [3.63, 3.8) is 0 Å². The van der Waals surface area contributed by atoms with Gasteiger partial charge in [0.25, 0.3) is 0 Å². The lowest BCUT2D eigenvalue weighted by molar-refractivity contribution is 0.0837. The summed E-state index contributed by atoms with van der Waals surface area (Å²) in [5.41, 5.74) is 0.537. The average molecular weight is 254 g/mol. The first-order valence-corrected chi connectivity index (χ1v) is 8.12. The summed E-state index contributed by atoms with van der Waals surface area (Å²) in [4.78, 5) is 2.75. The zero-order valence-electron chi connectivity index (χ0n) is 13.1. The molecule has 1 aliphatic rings. The Morgan fingerprint density at radius 1 is 1.28 bits per heavy atom. The van der Waals surface area contributed by atoms with Gasteiger partial charge in [-0.1, -0.05) is 27.2 Å². The van der Waals surface area contributed by atoms with Gasteiger partial charge in [0, 0.05) is 19.1 Å². The Hall–Kier alpha value is -0.0800. The fourth-order valence-corrected chi connectivity index (χ4v) is 3.08. The van der Waals surface area contributed by atoms with Crippen molar-refractivity contribution in [2.45, 2.75) is 72.3 Å². The zero-order chi connectivity index (χ0) is 13.4. The highest BCUT2D eigenvalue weighted by atomic mass is 15.2. The maximum absolute atomic E-state index is 3.62. The molecule has 0 aromatic rings. The molecular formula is C16H34N2. The van der Waals surface area contributed by atoms with Crippen molar-refractivity contribution >= 4 is 0 Å². The van der Waals surface area contributed by atoms with Gasteiger partial charge in [-0.2, -0.15) is 0 Å². The summed E-state index contributed by atoms with van der Waals surface area (Å²) < 4.78 is 0. The Morgan fingerprint density at radius 2 is 2.06 bits per heavy atom. The highest BCUT2D eigenvalue weighted by Crippen LogP contribution is 2.32. The SMILES string of the molecule is CCCCN(CC1(CC)CCCNC1)C(C)CC. The number of hydrogen-bond donors (Lipinski definition) is 1. The van der Waals surface area contributed by atoms with Crippen LogP contribution in [0.25, 0.3) is 0 Å². The normalized spacial score (nSPS) is 26.5. The Bertz CT molecular complexity index is 209. The first-order chi connectivity index (χ1) is 8.67. The van der Waals surface area contributed by atoms with Crippen molar-refractivity contribution < 1.29 is 0 Å². The van der Waals surface area contributed by atoms with Crippen LogP contribution in [0.4, 0.5) is 0 Å². The minimum Gasteiger partial charge on any atom is -0.316 e. The van der Waals surface area contributed by atoms with Gasteiger partial charge in [-0.3, -0.25) is 0 Å². The molecule has 1 heterocycles. The standard InChI is InChI=1S/C16H34N2/c1-5-8-12-18(15(4)6-2)14-16(7-3)10-9-11-17-13-16/h15,17H,5-14H2,1-4H3. The summed E-state index contributed by atoms with van der Waals surface area (Å²) in [6.07, 6.45) is 8.02.